The number of hydrogen-bond donors (Lipinski definition) is 0. The van der Waals surface area contributed by atoms with Crippen molar-refractivity contribution in [2.75, 3.05) is 0 Å². The van der Waals surface area contributed by atoms with Crippen molar-refractivity contribution in [1.29, 1.82) is 0 Å². The average molecular weight is 138 g/mol. The molecule has 2 rings (SSSR count). The van der Waals surface area contributed by atoms with Crippen molar-refractivity contribution < 1.29 is 0 Å². The van der Waals surface area contributed by atoms with E-state index in [0.29, 0.717) is 0 Å². The summed E-state index contributed by atoms with van der Waals surface area (Å²) in [6.45, 7) is 2.05. The van der Waals surface area contributed by atoms with Gasteiger partial charge in [0.05, 0.1) is 11.9 Å². The number of rotatable bonds is 0. The van der Waals surface area contributed by atoms with Gasteiger partial charge in [-0.05, 0) is 13.0 Å². The Morgan fingerprint density at radius 1 is 1.67 bits per heavy atom. The van der Waals surface area contributed by atoms with Crippen LogP contribution in [-0.2, 0) is 0 Å². The first kappa shape index (κ1) is 4.99. The minimum atomic E-state index is 1.21. The summed E-state index contributed by atoms with van der Waals surface area (Å²) in [4.78, 5) is 1.22. The van der Waals surface area contributed by atoms with Gasteiger partial charge < -0.3 is 0 Å². The van der Waals surface area contributed by atoms with Crippen LogP contribution in [0.5, 0.6) is 0 Å². The third kappa shape index (κ3) is 0.580. The highest BCUT2D eigenvalue weighted by atomic mass is 32.1. The van der Waals surface area contributed by atoms with Gasteiger partial charge in [0, 0.05) is 5.38 Å². The standard InChI is InChI=1S/C6H6N2S/c1-5-4-9-6-2-3-7-8(5)6/h2-4H,1H3. The summed E-state index contributed by atoms with van der Waals surface area (Å²) in [5, 5.41) is 6.20. The first-order valence-electron chi connectivity index (χ1n) is 2.76. The van der Waals surface area contributed by atoms with E-state index in [2.05, 4.69) is 17.4 Å². The fourth-order valence-corrected chi connectivity index (χ4v) is 1.66. The van der Waals surface area contributed by atoms with Crippen LogP contribution in [0.3, 0.4) is 0 Å². The van der Waals surface area contributed by atoms with Crippen LogP contribution >= 0.6 is 11.3 Å². The molecule has 0 unspecified atom stereocenters. The molecular formula is C6H6N2S. The van der Waals surface area contributed by atoms with Gasteiger partial charge in [-0.1, -0.05) is 0 Å². The average Bonchev–Trinajstić information content (AvgIpc) is 2.35. The van der Waals surface area contributed by atoms with Crippen molar-refractivity contribution in [3.63, 3.8) is 0 Å². The zero-order valence-electron chi connectivity index (χ0n) is 5.03. The molecule has 0 bridgehead atoms. The minimum absolute atomic E-state index is 1.21. The van der Waals surface area contributed by atoms with Gasteiger partial charge in [-0.2, -0.15) is 5.10 Å². The Morgan fingerprint density at radius 2 is 2.56 bits per heavy atom. The van der Waals surface area contributed by atoms with Crippen LogP contribution in [0.25, 0.3) is 4.83 Å². The Bertz CT molecular complexity index is 320. The van der Waals surface area contributed by atoms with Crippen LogP contribution in [0.2, 0.25) is 0 Å². The summed E-state index contributed by atoms with van der Waals surface area (Å²) in [7, 11) is 0. The predicted octanol–water partition coefficient (Wildman–Crippen LogP) is 1.70. The number of nitrogens with zero attached hydrogens (tertiary/aromatic N) is 2. The molecule has 0 fully saturated rings. The third-order valence-electron chi connectivity index (χ3n) is 1.29. The van der Waals surface area contributed by atoms with E-state index in [1.165, 1.54) is 10.5 Å². The fourth-order valence-electron chi connectivity index (χ4n) is 0.841. The van der Waals surface area contributed by atoms with Crippen LogP contribution in [0, 0.1) is 6.92 Å². The summed E-state index contributed by atoms with van der Waals surface area (Å²) >= 11 is 1.72. The largest absolute Gasteiger partial charge is 0.227 e. The van der Waals surface area contributed by atoms with Crippen molar-refractivity contribution >= 4 is 16.2 Å². The van der Waals surface area contributed by atoms with Crippen LogP contribution in [-0.4, -0.2) is 9.61 Å². The topological polar surface area (TPSA) is 17.3 Å². The van der Waals surface area contributed by atoms with Crippen LogP contribution in [0.4, 0.5) is 0 Å². The maximum Gasteiger partial charge on any atom is 0.119 e. The van der Waals surface area contributed by atoms with Crippen LogP contribution in [0.1, 0.15) is 5.69 Å². The Labute approximate surface area is 56.7 Å². The van der Waals surface area contributed by atoms with E-state index in [1.54, 1.807) is 11.3 Å². The van der Waals surface area contributed by atoms with E-state index in [-0.39, 0.29) is 0 Å². The van der Waals surface area contributed by atoms with Crippen molar-refractivity contribution in [3.8, 4) is 0 Å². The molecule has 2 heterocycles. The number of aromatic nitrogens is 2. The zero-order chi connectivity index (χ0) is 6.27. The molecule has 0 saturated carbocycles. The molecule has 2 nitrogen and oxygen atoms in total. The van der Waals surface area contributed by atoms with Crippen molar-refractivity contribution in [1.82, 2.24) is 9.61 Å². The predicted molar refractivity (Wildman–Crippen MR) is 37.8 cm³/mol. The van der Waals surface area contributed by atoms with Crippen molar-refractivity contribution in [2.24, 2.45) is 0 Å². The second-order valence-corrected chi connectivity index (χ2v) is 2.85. The van der Waals surface area contributed by atoms with E-state index >= 15 is 0 Å². The molecular weight excluding hydrogens is 132 g/mol. The molecule has 0 saturated heterocycles. The second kappa shape index (κ2) is 1.57. The van der Waals surface area contributed by atoms with Gasteiger partial charge in [0.25, 0.3) is 0 Å². The van der Waals surface area contributed by atoms with E-state index in [0.717, 1.165) is 0 Å². The number of fused-ring (bicyclic) bond motifs is 1. The molecule has 0 atom stereocenters. The highest BCUT2D eigenvalue weighted by molar-refractivity contribution is 7.15. The van der Waals surface area contributed by atoms with E-state index < -0.39 is 0 Å². The maximum atomic E-state index is 4.11. The Balaban J connectivity index is 2.99. The van der Waals surface area contributed by atoms with Crippen LogP contribution in [0.15, 0.2) is 17.6 Å². The molecule has 9 heavy (non-hydrogen) atoms. The van der Waals surface area contributed by atoms with Gasteiger partial charge >= 0.3 is 0 Å². The van der Waals surface area contributed by atoms with Crippen molar-refractivity contribution in [2.45, 2.75) is 6.92 Å². The number of aryl methyl sites for hydroxylation is 1. The molecule has 0 amide bonds. The van der Waals surface area contributed by atoms with Gasteiger partial charge in [0.15, 0.2) is 0 Å². The van der Waals surface area contributed by atoms with Gasteiger partial charge in [-0.15, -0.1) is 11.3 Å². The SMILES string of the molecule is Cc1csc2ccnn12. The Hall–Kier alpha value is -0.830. The molecule has 0 aliphatic carbocycles. The number of thiazole rings is 1. The first-order valence-corrected chi connectivity index (χ1v) is 3.64. The molecule has 0 aliphatic rings. The summed E-state index contributed by atoms with van der Waals surface area (Å²) in [5.74, 6) is 0. The van der Waals surface area contributed by atoms with Gasteiger partial charge in [0.1, 0.15) is 4.83 Å². The second-order valence-electron chi connectivity index (χ2n) is 1.96. The molecule has 0 radical (unpaired) electrons. The van der Waals surface area contributed by atoms with E-state index in [4.69, 9.17) is 0 Å². The Morgan fingerprint density at radius 3 is 3.33 bits per heavy atom. The first-order chi connectivity index (χ1) is 4.38. The quantitative estimate of drug-likeness (QED) is 0.541. The monoisotopic (exact) mass is 138 g/mol. The molecule has 0 aromatic carbocycles. The lowest BCUT2D eigenvalue weighted by Gasteiger charge is -1.82. The fraction of sp³-hybridized carbons (Fsp3) is 0.167. The lowest BCUT2D eigenvalue weighted by atomic mass is 10.6. The van der Waals surface area contributed by atoms with Gasteiger partial charge in [-0.25, -0.2) is 4.52 Å². The molecule has 0 N–H and O–H groups in total. The molecule has 2 aromatic heterocycles. The smallest absolute Gasteiger partial charge is 0.119 e. The molecule has 0 spiro atoms. The summed E-state index contributed by atoms with van der Waals surface area (Å²) < 4.78 is 1.94. The lowest BCUT2D eigenvalue weighted by Crippen LogP contribution is -1.82. The highest BCUT2D eigenvalue weighted by Crippen LogP contribution is 2.13. The van der Waals surface area contributed by atoms with Gasteiger partial charge in [-0.3, -0.25) is 0 Å². The zero-order valence-corrected chi connectivity index (χ0v) is 5.85. The lowest BCUT2D eigenvalue weighted by molar-refractivity contribution is 0.932. The van der Waals surface area contributed by atoms with Gasteiger partial charge in [0.2, 0.25) is 0 Å². The maximum absolute atomic E-state index is 4.11. The molecule has 3 heteroatoms. The third-order valence-corrected chi connectivity index (χ3v) is 2.30. The van der Waals surface area contributed by atoms with E-state index in [1.807, 2.05) is 16.8 Å². The number of hydrogen-bond acceptors (Lipinski definition) is 2. The van der Waals surface area contributed by atoms with Crippen LogP contribution < -0.4 is 0 Å². The highest BCUT2D eigenvalue weighted by Gasteiger charge is 1.95. The van der Waals surface area contributed by atoms with Crippen molar-refractivity contribution in [3.05, 3.63) is 23.3 Å². The summed E-state index contributed by atoms with van der Waals surface area (Å²) in [5.41, 5.74) is 1.21. The molecule has 46 valence electrons. The molecule has 2 aromatic rings. The molecule has 0 aliphatic heterocycles. The normalized spacial score (nSPS) is 10.8. The van der Waals surface area contributed by atoms with E-state index in [9.17, 15) is 0 Å². The minimum Gasteiger partial charge on any atom is -0.227 e. The summed E-state index contributed by atoms with van der Waals surface area (Å²) in [6.07, 6.45) is 1.82. The summed E-state index contributed by atoms with van der Waals surface area (Å²) in [6, 6.07) is 2.01. The Kier molecular flexibility index (Phi) is 0.873.